The van der Waals surface area contributed by atoms with Gasteiger partial charge in [0.05, 0.1) is 30.4 Å². The minimum Gasteiger partial charge on any atom is -0.492 e. The highest BCUT2D eigenvalue weighted by atomic mass is 32.2. The quantitative estimate of drug-likeness (QED) is 0.193. The van der Waals surface area contributed by atoms with E-state index in [0.717, 1.165) is 29.0 Å². The Morgan fingerprint density at radius 3 is 2.29 bits per heavy atom. The first-order valence-electron chi connectivity index (χ1n) is 15.5. The first-order valence-corrected chi connectivity index (χ1v) is 17.4. The van der Waals surface area contributed by atoms with E-state index in [1.54, 1.807) is 42.6 Å². The van der Waals surface area contributed by atoms with E-state index in [9.17, 15) is 18.0 Å². The minimum absolute atomic E-state index is 0.135. The maximum absolute atomic E-state index is 13.4. The predicted molar refractivity (Wildman–Crippen MR) is 189 cm³/mol. The Kier molecular flexibility index (Phi) is 9.83. The van der Waals surface area contributed by atoms with Crippen molar-refractivity contribution in [3.8, 4) is 17.2 Å². The molecule has 1 atom stereocenters. The smallest absolute Gasteiger partial charge is 0.323 e. The third-order valence-corrected chi connectivity index (χ3v) is 8.78. The fourth-order valence-corrected chi connectivity index (χ4v) is 6.17. The van der Waals surface area contributed by atoms with Crippen molar-refractivity contribution in [2.45, 2.75) is 38.6 Å². The number of nitrogens with one attached hydrogen (secondary N) is 3. The fourth-order valence-electron chi connectivity index (χ4n) is 5.62. The second-order valence-electron chi connectivity index (χ2n) is 13.1. The van der Waals surface area contributed by atoms with Crippen LogP contribution in [-0.4, -0.2) is 81.7 Å². The molecule has 1 fully saturated rings. The molecule has 12 nitrogen and oxygen atoms in total. The molecular weight excluding hydrogens is 632 g/mol. The molecule has 5 rings (SSSR count). The molecule has 4 aromatic rings. The molecule has 0 radical (unpaired) electrons. The van der Waals surface area contributed by atoms with Crippen LogP contribution in [0.2, 0.25) is 0 Å². The van der Waals surface area contributed by atoms with Crippen molar-refractivity contribution in [2.75, 3.05) is 55.9 Å². The number of ether oxygens (including phenoxy) is 2. The third kappa shape index (κ3) is 7.97. The normalized spacial score (nSPS) is 15.0. The number of anilines is 3. The Labute approximate surface area is 281 Å². The highest BCUT2D eigenvalue weighted by Gasteiger charge is 2.29. The lowest BCUT2D eigenvalue weighted by Gasteiger charge is -2.24. The number of amides is 3. The first kappa shape index (κ1) is 34.5. The van der Waals surface area contributed by atoms with Crippen molar-refractivity contribution < 1.29 is 27.5 Å². The van der Waals surface area contributed by atoms with Crippen LogP contribution in [0, 0.1) is 0 Å². The number of carbonyl (C=O) groups excluding carboxylic acids is 2. The van der Waals surface area contributed by atoms with E-state index < -0.39 is 16.1 Å². The number of benzene rings is 3. The number of likely N-dealkylation sites (tertiary alicyclic amines) is 1. The summed E-state index contributed by atoms with van der Waals surface area (Å²) >= 11 is 0. The maximum Gasteiger partial charge on any atom is 0.323 e. The summed E-state index contributed by atoms with van der Waals surface area (Å²) in [7, 11) is 1.81. The lowest BCUT2D eigenvalue weighted by Crippen LogP contribution is -2.34. The summed E-state index contributed by atoms with van der Waals surface area (Å²) in [5.41, 5.74) is 1.78. The number of aromatic nitrogens is 1. The average molecular weight is 675 g/mol. The van der Waals surface area contributed by atoms with Crippen LogP contribution in [0.1, 0.15) is 43.2 Å². The Balaban J connectivity index is 1.38. The van der Waals surface area contributed by atoms with Gasteiger partial charge >= 0.3 is 6.03 Å². The molecule has 1 saturated heterocycles. The van der Waals surface area contributed by atoms with E-state index in [-0.39, 0.29) is 22.8 Å². The Morgan fingerprint density at radius 1 is 0.958 bits per heavy atom. The zero-order valence-corrected chi connectivity index (χ0v) is 29.1. The van der Waals surface area contributed by atoms with Crippen molar-refractivity contribution in [3.05, 3.63) is 78.1 Å². The predicted octanol–water partition coefficient (Wildman–Crippen LogP) is 6.12. The van der Waals surface area contributed by atoms with Gasteiger partial charge in [0.25, 0.3) is 5.91 Å². The number of fused-ring (bicyclic) bond motifs is 1. The summed E-state index contributed by atoms with van der Waals surface area (Å²) in [5, 5.41) is 7.19. The van der Waals surface area contributed by atoms with E-state index in [0.29, 0.717) is 47.7 Å². The van der Waals surface area contributed by atoms with Gasteiger partial charge < -0.3 is 29.9 Å². The van der Waals surface area contributed by atoms with Crippen molar-refractivity contribution >= 4 is 49.8 Å². The van der Waals surface area contributed by atoms with Crippen LogP contribution in [0.25, 0.3) is 10.8 Å². The van der Waals surface area contributed by atoms with Crippen LogP contribution >= 0.6 is 0 Å². The largest absolute Gasteiger partial charge is 0.492 e. The van der Waals surface area contributed by atoms with Crippen LogP contribution in [0.15, 0.2) is 66.9 Å². The Hall–Kier alpha value is -4.88. The molecule has 13 heteroatoms. The topological polar surface area (TPSA) is 142 Å². The molecule has 2 heterocycles. The molecule has 3 amide bonds. The third-order valence-electron chi connectivity index (χ3n) is 8.19. The van der Waals surface area contributed by atoms with Gasteiger partial charge in [0.15, 0.2) is 5.75 Å². The van der Waals surface area contributed by atoms with Crippen molar-refractivity contribution in [3.63, 3.8) is 0 Å². The molecule has 1 aromatic heterocycles. The van der Waals surface area contributed by atoms with Gasteiger partial charge in [0.1, 0.15) is 17.2 Å². The standard InChI is InChI=1S/C35H42N6O6S/c1-35(2,3)22-18-28(32(46-6)29(19-22)39-48(7,44)45)38-34(43)37-27-12-13-31(26-11-9-8-10-25(26)27)47-24-14-16-36-30(20-24)33(42)41-17-15-23(21-41)40(4)5/h8-14,16,18-20,23,39H,15,17,21H2,1-7H3,(H2,37,38,43)/t23-/m0/s1. The molecule has 3 aromatic carbocycles. The van der Waals surface area contributed by atoms with Gasteiger partial charge in [-0.3, -0.25) is 14.5 Å². The summed E-state index contributed by atoms with van der Waals surface area (Å²) < 4.78 is 38.5. The van der Waals surface area contributed by atoms with Gasteiger partial charge in [-0.15, -0.1) is 0 Å². The van der Waals surface area contributed by atoms with E-state index in [4.69, 9.17) is 9.47 Å². The number of likely N-dealkylation sites (N-methyl/N-ethyl adjacent to an activating group) is 1. The molecule has 0 saturated carbocycles. The molecular formula is C35H42N6O6S. The number of hydrogen-bond acceptors (Lipinski definition) is 8. The number of carbonyl (C=O) groups is 2. The number of hydrogen-bond donors (Lipinski definition) is 3. The van der Waals surface area contributed by atoms with Crippen LogP contribution in [0.5, 0.6) is 17.2 Å². The van der Waals surface area contributed by atoms with E-state index in [1.807, 2.05) is 64.0 Å². The van der Waals surface area contributed by atoms with Crippen molar-refractivity contribution in [1.82, 2.24) is 14.8 Å². The first-order chi connectivity index (χ1) is 22.6. The van der Waals surface area contributed by atoms with Crippen LogP contribution in [0.4, 0.5) is 21.9 Å². The molecule has 0 unspecified atom stereocenters. The second kappa shape index (κ2) is 13.7. The number of pyridine rings is 1. The van der Waals surface area contributed by atoms with Gasteiger partial charge in [-0.2, -0.15) is 0 Å². The zero-order chi connectivity index (χ0) is 34.8. The Morgan fingerprint density at radius 2 is 1.65 bits per heavy atom. The van der Waals surface area contributed by atoms with Crippen LogP contribution in [0.3, 0.4) is 0 Å². The monoisotopic (exact) mass is 674 g/mol. The van der Waals surface area contributed by atoms with Gasteiger partial charge in [-0.25, -0.2) is 13.2 Å². The van der Waals surface area contributed by atoms with Crippen molar-refractivity contribution in [2.24, 2.45) is 0 Å². The molecule has 0 spiro atoms. The van der Waals surface area contributed by atoms with Gasteiger partial charge in [0, 0.05) is 42.2 Å². The summed E-state index contributed by atoms with van der Waals surface area (Å²) in [6, 6.07) is 17.5. The molecule has 48 heavy (non-hydrogen) atoms. The van der Waals surface area contributed by atoms with Crippen LogP contribution in [-0.2, 0) is 15.4 Å². The Bertz CT molecular complexity index is 1960. The molecule has 3 N–H and O–H groups in total. The number of sulfonamides is 1. The van der Waals surface area contributed by atoms with E-state index >= 15 is 0 Å². The highest BCUT2D eigenvalue weighted by Crippen LogP contribution is 2.40. The SMILES string of the molecule is COc1c(NC(=O)Nc2ccc(Oc3ccnc(C(=O)N4CC[C@H](N(C)C)C4)c3)c3ccccc23)cc(C(C)(C)C)cc1NS(C)(=O)=O. The molecule has 1 aliphatic rings. The summed E-state index contributed by atoms with van der Waals surface area (Å²) in [6.07, 6.45) is 3.53. The zero-order valence-electron chi connectivity index (χ0n) is 28.2. The second-order valence-corrected chi connectivity index (χ2v) is 14.8. The molecule has 0 bridgehead atoms. The number of nitrogens with zero attached hydrogens (tertiary/aromatic N) is 3. The van der Waals surface area contributed by atoms with Gasteiger partial charge in [0.2, 0.25) is 10.0 Å². The highest BCUT2D eigenvalue weighted by molar-refractivity contribution is 7.92. The molecule has 254 valence electrons. The fraction of sp³-hybridized carbons (Fsp3) is 0.343. The minimum atomic E-state index is -3.63. The average Bonchev–Trinajstić information content (AvgIpc) is 3.52. The van der Waals surface area contributed by atoms with E-state index in [2.05, 4.69) is 25.2 Å². The summed E-state index contributed by atoms with van der Waals surface area (Å²) in [4.78, 5) is 34.9. The van der Waals surface area contributed by atoms with Crippen LogP contribution < -0.4 is 24.8 Å². The maximum atomic E-state index is 13.4. The molecule has 0 aliphatic carbocycles. The lowest BCUT2D eigenvalue weighted by atomic mass is 9.86. The number of rotatable bonds is 9. The van der Waals surface area contributed by atoms with Gasteiger partial charge in [-0.1, -0.05) is 45.0 Å². The number of urea groups is 1. The van der Waals surface area contributed by atoms with Gasteiger partial charge in [-0.05, 0) is 61.8 Å². The van der Waals surface area contributed by atoms with Crippen molar-refractivity contribution in [1.29, 1.82) is 0 Å². The molecule has 1 aliphatic heterocycles. The van der Waals surface area contributed by atoms with E-state index in [1.165, 1.54) is 7.11 Å². The number of methoxy groups -OCH3 is 1. The summed E-state index contributed by atoms with van der Waals surface area (Å²) in [6.45, 7) is 7.28. The summed E-state index contributed by atoms with van der Waals surface area (Å²) in [5.74, 6) is 1.04. The lowest BCUT2D eigenvalue weighted by molar-refractivity contribution is 0.0777.